The van der Waals surface area contributed by atoms with Crippen LogP contribution in [-0.2, 0) is 6.42 Å². The van der Waals surface area contributed by atoms with Crippen molar-refractivity contribution in [1.82, 2.24) is 9.78 Å². The Morgan fingerprint density at radius 1 is 1.33 bits per heavy atom. The molecule has 1 aromatic heterocycles. The highest BCUT2D eigenvalue weighted by atomic mass is 15.3. The van der Waals surface area contributed by atoms with Crippen molar-refractivity contribution in [3.05, 3.63) is 47.3 Å². The van der Waals surface area contributed by atoms with Crippen LogP contribution in [-0.4, -0.2) is 16.3 Å². The van der Waals surface area contributed by atoms with Gasteiger partial charge in [-0.25, -0.2) is 4.68 Å². The number of benzene rings is 1. The molecule has 0 spiro atoms. The molecule has 2 N–H and O–H groups in total. The molecule has 1 saturated carbocycles. The first-order valence-corrected chi connectivity index (χ1v) is 6.64. The van der Waals surface area contributed by atoms with E-state index in [1.54, 1.807) is 0 Å². The van der Waals surface area contributed by atoms with Crippen molar-refractivity contribution in [1.29, 1.82) is 0 Å². The van der Waals surface area contributed by atoms with Crippen LogP contribution in [0.2, 0.25) is 0 Å². The van der Waals surface area contributed by atoms with Gasteiger partial charge in [-0.2, -0.15) is 5.10 Å². The number of para-hydroxylation sites is 1. The van der Waals surface area contributed by atoms with Crippen LogP contribution < -0.4 is 5.73 Å². The third-order valence-electron chi connectivity index (χ3n) is 3.53. The summed E-state index contributed by atoms with van der Waals surface area (Å²) >= 11 is 0. The number of nitrogens with two attached hydrogens (primary N) is 1. The summed E-state index contributed by atoms with van der Waals surface area (Å²) in [5.74, 6) is 0.698. The second kappa shape index (κ2) is 4.58. The van der Waals surface area contributed by atoms with Gasteiger partial charge in [0.25, 0.3) is 0 Å². The van der Waals surface area contributed by atoms with E-state index in [1.807, 2.05) is 0 Å². The summed E-state index contributed by atoms with van der Waals surface area (Å²) < 4.78 is 2.12. The second-order valence-corrected chi connectivity index (χ2v) is 5.07. The van der Waals surface area contributed by atoms with Gasteiger partial charge in [0.2, 0.25) is 0 Å². The summed E-state index contributed by atoms with van der Waals surface area (Å²) in [6.45, 7) is 2.80. The zero-order chi connectivity index (χ0) is 12.5. The molecule has 94 valence electrons. The van der Waals surface area contributed by atoms with Crippen molar-refractivity contribution in [3.63, 3.8) is 0 Å². The Bertz CT molecular complexity index is 553. The molecule has 18 heavy (non-hydrogen) atoms. The monoisotopic (exact) mass is 241 g/mol. The highest BCUT2D eigenvalue weighted by molar-refractivity contribution is 5.42. The Kier molecular flexibility index (Phi) is 2.92. The van der Waals surface area contributed by atoms with E-state index in [1.165, 1.54) is 29.8 Å². The summed E-state index contributed by atoms with van der Waals surface area (Å²) in [6, 6.07) is 10.6. The molecule has 0 radical (unpaired) electrons. The minimum Gasteiger partial charge on any atom is -0.330 e. The lowest BCUT2D eigenvalue weighted by Crippen LogP contribution is -2.05. The van der Waals surface area contributed by atoms with Crippen molar-refractivity contribution in [2.75, 3.05) is 6.54 Å². The molecule has 0 atom stereocenters. The van der Waals surface area contributed by atoms with Crippen molar-refractivity contribution in [2.45, 2.75) is 32.1 Å². The fourth-order valence-electron chi connectivity index (χ4n) is 2.38. The standard InChI is InChI=1S/C15H19N3/c1-11-4-2-3-5-14(11)18-15(12-6-7-12)10-13(17-18)8-9-16/h2-5,10,12H,6-9,16H2,1H3. The SMILES string of the molecule is Cc1ccccc1-n1nc(CCN)cc1C1CC1. The first kappa shape index (κ1) is 11.5. The van der Waals surface area contributed by atoms with E-state index in [2.05, 4.69) is 41.9 Å². The van der Waals surface area contributed by atoms with Crippen LogP contribution >= 0.6 is 0 Å². The Morgan fingerprint density at radius 3 is 2.78 bits per heavy atom. The normalized spacial score (nSPS) is 15.0. The van der Waals surface area contributed by atoms with Crippen LogP contribution in [0.15, 0.2) is 30.3 Å². The molecule has 0 unspecified atom stereocenters. The Balaban J connectivity index is 2.07. The van der Waals surface area contributed by atoms with Crippen LogP contribution in [0.4, 0.5) is 0 Å². The van der Waals surface area contributed by atoms with Gasteiger partial charge in [-0.3, -0.25) is 0 Å². The Morgan fingerprint density at radius 2 is 2.11 bits per heavy atom. The molecule has 1 aromatic carbocycles. The molecule has 2 aromatic rings. The molecule has 1 aliphatic carbocycles. The summed E-state index contributed by atoms with van der Waals surface area (Å²) in [5.41, 5.74) is 10.6. The van der Waals surface area contributed by atoms with Crippen LogP contribution in [0.25, 0.3) is 5.69 Å². The van der Waals surface area contributed by atoms with E-state index in [0.717, 1.165) is 12.1 Å². The van der Waals surface area contributed by atoms with Gasteiger partial charge in [0, 0.05) is 18.0 Å². The molecular weight excluding hydrogens is 222 g/mol. The summed E-state index contributed by atoms with van der Waals surface area (Å²) in [4.78, 5) is 0. The lowest BCUT2D eigenvalue weighted by molar-refractivity contribution is 0.777. The van der Waals surface area contributed by atoms with Gasteiger partial charge in [0.15, 0.2) is 0 Å². The molecule has 1 aliphatic rings. The third kappa shape index (κ3) is 2.06. The number of aryl methyl sites for hydroxylation is 1. The summed E-state index contributed by atoms with van der Waals surface area (Å²) in [5, 5.41) is 4.73. The van der Waals surface area contributed by atoms with E-state index < -0.39 is 0 Å². The predicted molar refractivity (Wildman–Crippen MR) is 73.0 cm³/mol. The van der Waals surface area contributed by atoms with Gasteiger partial charge in [0.05, 0.1) is 11.4 Å². The largest absolute Gasteiger partial charge is 0.330 e. The maximum atomic E-state index is 5.63. The quantitative estimate of drug-likeness (QED) is 0.894. The van der Waals surface area contributed by atoms with Gasteiger partial charge in [-0.1, -0.05) is 18.2 Å². The minimum atomic E-state index is 0.662. The smallest absolute Gasteiger partial charge is 0.0678 e. The number of hydrogen-bond acceptors (Lipinski definition) is 2. The van der Waals surface area contributed by atoms with E-state index in [-0.39, 0.29) is 0 Å². The number of nitrogens with zero attached hydrogens (tertiary/aromatic N) is 2. The Labute approximate surface area is 108 Å². The zero-order valence-corrected chi connectivity index (χ0v) is 10.8. The summed E-state index contributed by atoms with van der Waals surface area (Å²) in [7, 11) is 0. The maximum Gasteiger partial charge on any atom is 0.0678 e. The average Bonchev–Trinajstić information content (AvgIpc) is 3.13. The van der Waals surface area contributed by atoms with E-state index in [9.17, 15) is 0 Å². The van der Waals surface area contributed by atoms with Gasteiger partial charge in [-0.15, -0.1) is 0 Å². The van der Waals surface area contributed by atoms with Crippen LogP contribution in [0.1, 0.15) is 35.7 Å². The van der Waals surface area contributed by atoms with Crippen molar-refractivity contribution in [3.8, 4) is 5.69 Å². The molecule has 3 heteroatoms. The molecule has 0 saturated heterocycles. The fraction of sp³-hybridized carbons (Fsp3) is 0.400. The summed E-state index contributed by atoms with van der Waals surface area (Å²) in [6.07, 6.45) is 3.44. The molecule has 0 aliphatic heterocycles. The van der Waals surface area contributed by atoms with Crippen molar-refractivity contribution < 1.29 is 0 Å². The van der Waals surface area contributed by atoms with Gasteiger partial charge >= 0.3 is 0 Å². The molecule has 0 amide bonds. The van der Waals surface area contributed by atoms with E-state index >= 15 is 0 Å². The molecule has 0 bridgehead atoms. The van der Waals surface area contributed by atoms with E-state index in [0.29, 0.717) is 12.5 Å². The van der Waals surface area contributed by atoms with Gasteiger partial charge in [0.1, 0.15) is 0 Å². The lowest BCUT2D eigenvalue weighted by atomic mass is 10.2. The van der Waals surface area contributed by atoms with Crippen molar-refractivity contribution in [2.24, 2.45) is 5.73 Å². The van der Waals surface area contributed by atoms with Crippen LogP contribution in [0.5, 0.6) is 0 Å². The average molecular weight is 241 g/mol. The van der Waals surface area contributed by atoms with Crippen LogP contribution in [0.3, 0.4) is 0 Å². The molecule has 1 heterocycles. The fourth-order valence-corrected chi connectivity index (χ4v) is 2.38. The third-order valence-corrected chi connectivity index (χ3v) is 3.53. The number of aromatic nitrogens is 2. The highest BCUT2D eigenvalue weighted by Gasteiger charge is 2.28. The number of rotatable bonds is 4. The first-order valence-electron chi connectivity index (χ1n) is 6.64. The molecule has 1 fully saturated rings. The predicted octanol–water partition coefficient (Wildman–Crippen LogP) is 2.56. The minimum absolute atomic E-state index is 0.662. The topological polar surface area (TPSA) is 43.8 Å². The second-order valence-electron chi connectivity index (χ2n) is 5.07. The molecule has 3 rings (SSSR count). The van der Waals surface area contributed by atoms with E-state index in [4.69, 9.17) is 10.8 Å². The molecule has 3 nitrogen and oxygen atoms in total. The number of hydrogen-bond donors (Lipinski definition) is 1. The zero-order valence-electron chi connectivity index (χ0n) is 10.8. The maximum absolute atomic E-state index is 5.63. The lowest BCUT2D eigenvalue weighted by Gasteiger charge is -2.09. The molecular formula is C15H19N3. The van der Waals surface area contributed by atoms with Gasteiger partial charge < -0.3 is 5.73 Å². The Hall–Kier alpha value is -1.61. The first-order chi connectivity index (χ1) is 8.79. The highest BCUT2D eigenvalue weighted by Crippen LogP contribution is 2.41. The van der Waals surface area contributed by atoms with Gasteiger partial charge in [-0.05, 0) is 44.0 Å². The van der Waals surface area contributed by atoms with Crippen molar-refractivity contribution >= 4 is 0 Å². The van der Waals surface area contributed by atoms with Crippen LogP contribution in [0, 0.1) is 6.92 Å².